The van der Waals surface area contributed by atoms with E-state index in [0.717, 1.165) is 31.7 Å². The average Bonchev–Trinajstić information content (AvgIpc) is 3.18. The van der Waals surface area contributed by atoms with E-state index in [4.69, 9.17) is 0 Å². The fraction of sp³-hybridized carbons (Fsp3) is 0.300. The Labute approximate surface area is 158 Å². The van der Waals surface area contributed by atoms with Crippen LogP contribution in [0.2, 0.25) is 0 Å². The molecule has 7 heteroatoms. The van der Waals surface area contributed by atoms with Crippen LogP contribution in [0.25, 0.3) is 0 Å². The molecular formula is C20H22N6O. The second-order valence-corrected chi connectivity index (χ2v) is 6.70. The molecule has 0 aromatic carbocycles. The standard InChI is InChI=1S/C20H22N6O/c27-20(16-4-3-8-21-12-16)23-10-6-18-14-25(13-17-5-1-2-9-22-17)15-19-7-11-24-26(18)19/h1-5,7-9,11-12,18H,6,10,13-15H2,(H,23,27). The Morgan fingerprint density at radius 2 is 2.11 bits per heavy atom. The van der Waals surface area contributed by atoms with Crippen LogP contribution in [-0.2, 0) is 13.1 Å². The molecule has 0 bridgehead atoms. The lowest BCUT2D eigenvalue weighted by molar-refractivity contribution is 0.0946. The highest BCUT2D eigenvalue weighted by Crippen LogP contribution is 2.23. The molecule has 1 N–H and O–H groups in total. The lowest BCUT2D eigenvalue weighted by atomic mass is 10.1. The molecule has 3 aromatic rings. The van der Waals surface area contributed by atoms with Gasteiger partial charge in [0.2, 0.25) is 0 Å². The van der Waals surface area contributed by atoms with E-state index < -0.39 is 0 Å². The van der Waals surface area contributed by atoms with Crippen LogP contribution in [0.4, 0.5) is 0 Å². The number of nitrogens with one attached hydrogen (secondary N) is 1. The zero-order chi connectivity index (χ0) is 18.5. The van der Waals surface area contributed by atoms with Crippen molar-refractivity contribution in [1.29, 1.82) is 0 Å². The molecular weight excluding hydrogens is 340 g/mol. The number of fused-ring (bicyclic) bond motifs is 1. The molecule has 1 amide bonds. The van der Waals surface area contributed by atoms with Crippen molar-refractivity contribution >= 4 is 5.91 Å². The maximum absolute atomic E-state index is 12.2. The van der Waals surface area contributed by atoms with Crippen LogP contribution in [0, 0.1) is 0 Å². The summed E-state index contributed by atoms with van der Waals surface area (Å²) in [7, 11) is 0. The number of amides is 1. The minimum Gasteiger partial charge on any atom is -0.352 e. The van der Waals surface area contributed by atoms with Crippen molar-refractivity contribution in [2.24, 2.45) is 0 Å². The first kappa shape index (κ1) is 17.4. The summed E-state index contributed by atoms with van der Waals surface area (Å²) in [6.45, 7) is 3.14. The number of nitrogens with zero attached hydrogens (tertiary/aromatic N) is 5. The second kappa shape index (κ2) is 8.09. The van der Waals surface area contributed by atoms with Gasteiger partial charge in [-0.15, -0.1) is 0 Å². The molecule has 4 rings (SSSR count). The smallest absolute Gasteiger partial charge is 0.252 e. The molecule has 0 saturated heterocycles. The molecule has 7 nitrogen and oxygen atoms in total. The highest BCUT2D eigenvalue weighted by atomic mass is 16.1. The van der Waals surface area contributed by atoms with Gasteiger partial charge in [0.25, 0.3) is 5.91 Å². The van der Waals surface area contributed by atoms with Gasteiger partial charge in [-0.2, -0.15) is 5.10 Å². The minimum absolute atomic E-state index is 0.0926. The Hall–Kier alpha value is -3.06. The fourth-order valence-electron chi connectivity index (χ4n) is 3.47. The van der Waals surface area contributed by atoms with Gasteiger partial charge >= 0.3 is 0 Å². The molecule has 1 aliphatic heterocycles. The molecule has 1 unspecified atom stereocenters. The summed E-state index contributed by atoms with van der Waals surface area (Å²) in [5.41, 5.74) is 2.84. The summed E-state index contributed by atoms with van der Waals surface area (Å²) in [4.78, 5) is 23.0. The highest BCUT2D eigenvalue weighted by Gasteiger charge is 2.25. The molecule has 0 aliphatic carbocycles. The van der Waals surface area contributed by atoms with Crippen molar-refractivity contribution in [2.45, 2.75) is 25.6 Å². The van der Waals surface area contributed by atoms with Gasteiger partial charge in [0.15, 0.2) is 0 Å². The van der Waals surface area contributed by atoms with Crippen LogP contribution in [0.5, 0.6) is 0 Å². The number of pyridine rings is 2. The topological polar surface area (TPSA) is 75.9 Å². The number of carbonyl (C=O) groups is 1. The quantitative estimate of drug-likeness (QED) is 0.726. The summed E-state index contributed by atoms with van der Waals surface area (Å²) in [5, 5.41) is 7.47. The van der Waals surface area contributed by atoms with Gasteiger partial charge in [-0.3, -0.25) is 24.3 Å². The highest BCUT2D eigenvalue weighted by molar-refractivity contribution is 5.93. The molecule has 3 aromatic heterocycles. The van der Waals surface area contributed by atoms with Crippen LogP contribution in [0.15, 0.2) is 61.2 Å². The molecule has 0 radical (unpaired) electrons. The van der Waals surface area contributed by atoms with E-state index in [1.807, 2.05) is 24.5 Å². The van der Waals surface area contributed by atoms with Gasteiger partial charge in [0, 0.05) is 51.0 Å². The van der Waals surface area contributed by atoms with Crippen molar-refractivity contribution in [3.8, 4) is 0 Å². The van der Waals surface area contributed by atoms with E-state index in [1.165, 1.54) is 5.69 Å². The average molecular weight is 362 g/mol. The Morgan fingerprint density at radius 1 is 1.15 bits per heavy atom. The summed E-state index contributed by atoms with van der Waals surface area (Å²) in [6, 6.07) is 11.8. The maximum Gasteiger partial charge on any atom is 0.252 e. The van der Waals surface area contributed by atoms with Crippen LogP contribution < -0.4 is 5.32 Å². The number of aromatic nitrogens is 4. The van der Waals surface area contributed by atoms with Gasteiger partial charge in [-0.1, -0.05) is 6.07 Å². The van der Waals surface area contributed by atoms with Crippen LogP contribution in [0.1, 0.15) is 34.2 Å². The van der Waals surface area contributed by atoms with Crippen molar-refractivity contribution < 1.29 is 4.79 Å². The van der Waals surface area contributed by atoms with Crippen molar-refractivity contribution in [3.05, 3.63) is 78.1 Å². The fourth-order valence-corrected chi connectivity index (χ4v) is 3.47. The molecule has 138 valence electrons. The van der Waals surface area contributed by atoms with E-state index in [1.54, 1.807) is 24.5 Å². The lowest BCUT2D eigenvalue weighted by Gasteiger charge is -2.33. The van der Waals surface area contributed by atoms with Crippen LogP contribution in [0.3, 0.4) is 0 Å². The van der Waals surface area contributed by atoms with Gasteiger partial charge < -0.3 is 5.32 Å². The molecule has 1 aliphatic rings. The lowest BCUT2D eigenvalue weighted by Crippen LogP contribution is -2.39. The Bertz CT molecular complexity index is 880. The molecule has 0 fully saturated rings. The number of hydrogen-bond donors (Lipinski definition) is 1. The molecule has 0 spiro atoms. The zero-order valence-corrected chi connectivity index (χ0v) is 15.0. The third-order valence-electron chi connectivity index (χ3n) is 4.75. The summed E-state index contributed by atoms with van der Waals surface area (Å²) < 4.78 is 2.09. The Kier molecular flexibility index (Phi) is 5.20. The molecule has 4 heterocycles. The SMILES string of the molecule is O=C(NCCC1CN(Cc2ccccn2)Cc2ccnn21)c1cccnc1. The number of hydrogen-bond acceptors (Lipinski definition) is 5. The second-order valence-electron chi connectivity index (χ2n) is 6.70. The minimum atomic E-state index is -0.0926. The van der Waals surface area contributed by atoms with Crippen LogP contribution >= 0.6 is 0 Å². The summed E-state index contributed by atoms with van der Waals surface area (Å²) in [5.74, 6) is -0.0926. The van der Waals surface area contributed by atoms with Gasteiger partial charge in [-0.05, 0) is 36.8 Å². The van der Waals surface area contributed by atoms with Crippen molar-refractivity contribution in [2.75, 3.05) is 13.1 Å². The van der Waals surface area contributed by atoms with E-state index in [9.17, 15) is 4.79 Å². The van der Waals surface area contributed by atoms with E-state index in [2.05, 4.69) is 42.1 Å². The van der Waals surface area contributed by atoms with Gasteiger partial charge in [0.1, 0.15) is 0 Å². The number of rotatable bonds is 6. The van der Waals surface area contributed by atoms with E-state index in [0.29, 0.717) is 12.1 Å². The van der Waals surface area contributed by atoms with Gasteiger partial charge in [0.05, 0.1) is 23.0 Å². The predicted molar refractivity (Wildman–Crippen MR) is 101 cm³/mol. The van der Waals surface area contributed by atoms with E-state index >= 15 is 0 Å². The molecule has 27 heavy (non-hydrogen) atoms. The summed E-state index contributed by atoms with van der Waals surface area (Å²) >= 11 is 0. The predicted octanol–water partition coefficient (Wildman–Crippen LogP) is 2.05. The zero-order valence-electron chi connectivity index (χ0n) is 15.0. The molecule has 0 saturated carbocycles. The monoisotopic (exact) mass is 362 g/mol. The first-order valence-corrected chi connectivity index (χ1v) is 9.12. The Morgan fingerprint density at radius 3 is 2.93 bits per heavy atom. The Balaban J connectivity index is 1.37. The van der Waals surface area contributed by atoms with Gasteiger partial charge in [-0.25, -0.2) is 0 Å². The maximum atomic E-state index is 12.2. The first-order valence-electron chi connectivity index (χ1n) is 9.12. The first-order chi connectivity index (χ1) is 13.3. The van der Waals surface area contributed by atoms with Crippen molar-refractivity contribution in [3.63, 3.8) is 0 Å². The third-order valence-corrected chi connectivity index (χ3v) is 4.75. The third kappa shape index (κ3) is 4.20. The molecule has 1 atom stereocenters. The summed E-state index contributed by atoms with van der Waals surface area (Å²) in [6.07, 6.45) is 7.74. The normalized spacial score (nSPS) is 16.7. The van der Waals surface area contributed by atoms with E-state index in [-0.39, 0.29) is 11.9 Å². The van der Waals surface area contributed by atoms with Crippen molar-refractivity contribution in [1.82, 2.24) is 30.0 Å². The van der Waals surface area contributed by atoms with Crippen LogP contribution in [-0.4, -0.2) is 43.6 Å². The largest absolute Gasteiger partial charge is 0.352 e. The number of carbonyl (C=O) groups excluding carboxylic acids is 1.